The highest BCUT2D eigenvalue weighted by Crippen LogP contribution is 2.26. The molecule has 1 heterocycles. The molecule has 0 amide bonds. The number of H-pyrrole nitrogens is 1. The Hall–Kier alpha value is -2.98. The van der Waals surface area contributed by atoms with Gasteiger partial charge in [-0.25, -0.2) is 13.4 Å². The first-order valence-electron chi connectivity index (χ1n) is 7.12. The highest BCUT2D eigenvalue weighted by Gasteiger charge is 2.32. The zero-order valence-electron chi connectivity index (χ0n) is 12.7. The number of nitriles is 1. The second-order valence-electron chi connectivity index (χ2n) is 5.34. The van der Waals surface area contributed by atoms with Crippen LogP contribution in [0.25, 0.3) is 11.0 Å². The van der Waals surface area contributed by atoms with Crippen LogP contribution in [0.15, 0.2) is 58.2 Å². The van der Waals surface area contributed by atoms with Crippen LogP contribution in [-0.4, -0.2) is 18.4 Å². The molecule has 120 valence electrons. The Kier molecular flexibility index (Phi) is 3.91. The van der Waals surface area contributed by atoms with Gasteiger partial charge >= 0.3 is 0 Å². The number of nitrogens with one attached hydrogen (secondary N) is 1. The summed E-state index contributed by atoms with van der Waals surface area (Å²) in [5, 5.41) is 7.73. The summed E-state index contributed by atoms with van der Waals surface area (Å²) in [6.07, 6.45) is 0. The highest BCUT2D eigenvalue weighted by atomic mass is 32.2. The lowest BCUT2D eigenvalue weighted by molar-refractivity contribution is 0.589. The fourth-order valence-electron chi connectivity index (χ4n) is 2.36. The van der Waals surface area contributed by atoms with Gasteiger partial charge in [0.05, 0.1) is 22.0 Å². The summed E-state index contributed by atoms with van der Waals surface area (Å²) in [4.78, 5) is 18.9. The van der Waals surface area contributed by atoms with Gasteiger partial charge in [-0.2, -0.15) is 5.26 Å². The highest BCUT2D eigenvalue weighted by molar-refractivity contribution is 7.92. The molecule has 0 aliphatic rings. The van der Waals surface area contributed by atoms with Crippen molar-refractivity contribution in [1.29, 1.82) is 5.26 Å². The lowest BCUT2D eigenvalue weighted by Crippen LogP contribution is -2.23. The van der Waals surface area contributed by atoms with Gasteiger partial charge in [0.1, 0.15) is 5.69 Å². The van der Waals surface area contributed by atoms with E-state index in [1.165, 1.54) is 12.1 Å². The standard InChI is InChI=1S/C17H13N3O3S/c1-11-6-8-12(9-7-11)24(22,23)15(10-18)16-17(21)20-14-5-3-2-4-13(14)19-16/h2-9,15H,1H3,(H,20,21)/t15-/m1/s1. The molecule has 0 fully saturated rings. The molecule has 3 aromatic rings. The first kappa shape index (κ1) is 15.9. The summed E-state index contributed by atoms with van der Waals surface area (Å²) in [5.74, 6) is 0. The number of fused-ring (bicyclic) bond motifs is 1. The smallest absolute Gasteiger partial charge is 0.272 e. The number of hydrogen-bond donors (Lipinski definition) is 1. The lowest BCUT2D eigenvalue weighted by Gasteiger charge is -2.11. The van der Waals surface area contributed by atoms with Gasteiger partial charge in [0, 0.05) is 0 Å². The average molecular weight is 339 g/mol. The minimum atomic E-state index is -4.06. The number of hydrogen-bond acceptors (Lipinski definition) is 5. The zero-order chi connectivity index (χ0) is 17.3. The largest absolute Gasteiger partial charge is 0.319 e. The fraction of sp³-hybridized carbons (Fsp3) is 0.118. The van der Waals surface area contributed by atoms with Crippen molar-refractivity contribution in [2.75, 3.05) is 0 Å². The Balaban J connectivity index is 2.19. The number of aryl methyl sites for hydroxylation is 1. The molecule has 0 saturated heterocycles. The van der Waals surface area contributed by atoms with Crippen LogP contribution >= 0.6 is 0 Å². The maximum Gasteiger partial charge on any atom is 0.272 e. The maximum absolute atomic E-state index is 12.7. The molecule has 1 atom stereocenters. The topological polar surface area (TPSA) is 104 Å². The molecule has 1 N–H and O–H groups in total. The van der Waals surface area contributed by atoms with Crippen LogP contribution in [0.3, 0.4) is 0 Å². The summed E-state index contributed by atoms with van der Waals surface area (Å²) in [6, 6.07) is 14.6. The molecule has 7 heteroatoms. The van der Waals surface area contributed by atoms with Crippen LogP contribution in [0.2, 0.25) is 0 Å². The van der Waals surface area contributed by atoms with E-state index in [1.807, 2.05) is 6.92 Å². The molecule has 0 radical (unpaired) electrons. The van der Waals surface area contributed by atoms with Gasteiger partial charge in [-0.1, -0.05) is 29.8 Å². The summed E-state index contributed by atoms with van der Waals surface area (Å²) >= 11 is 0. The van der Waals surface area contributed by atoms with E-state index in [-0.39, 0.29) is 10.6 Å². The predicted molar refractivity (Wildman–Crippen MR) is 89.1 cm³/mol. The van der Waals surface area contributed by atoms with Gasteiger partial charge in [0.2, 0.25) is 9.84 Å². The van der Waals surface area contributed by atoms with Crippen molar-refractivity contribution in [3.63, 3.8) is 0 Å². The molecule has 6 nitrogen and oxygen atoms in total. The Morgan fingerprint density at radius 3 is 2.46 bits per heavy atom. The van der Waals surface area contributed by atoms with Crippen molar-refractivity contribution in [1.82, 2.24) is 9.97 Å². The number of para-hydroxylation sites is 2. The van der Waals surface area contributed by atoms with Crippen LogP contribution in [0.1, 0.15) is 16.5 Å². The van der Waals surface area contributed by atoms with Crippen molar-refractivity contribution in [2.45, 2.75) is 17.1 Å². The Morgan fingerprint density at radius 2 is 1.79 bits per heavy atom. The van der Waals surface area contributed by atoms with Crippen LogP contribution < -0.4 is 5.56 Å². The SMILES string of the molecule is Cc1ccc(S(=O)(=O)[C@H](C#N)c2nc3ccccc3[nH]c2=O)cc1. The van der Waals surface area contributed by atoms with Gasteiger partial charge < -0.3 is 4.98 Å². The quantitative estimate of drug-likeness (QED) is 0.788. The number of aromatic nitrogens is 2. The Morgan fingerprint density at radius 1 is 1.12 bits per heavy atom. The molecule has 24 heavy (non-hydrogen) atoms. The molecule has 0 aliphatic heterocycles. The monoisotopic (exact) mass is 339 g/mol. The molecule has 0 aliphatic carbocycles. The van der Waals surface area contributed by atoms with E-state index in [1.54, 1.807) is 42.5 Å². The molecule has 3 rings (SSSR count). The van der Waals surface area contributed by atoms with Crippen LogP contribution in [0, 0.1) is 18.3 Å². The van der Waals surface area contributed by atoms with Gasteiger partial charge in [-0.3, -0.25) is 4.79 Å². The van der Waals surface area contributed by atoms with E-state index >= 15 is 0 Å². The van der Waals surface area contributed by atoms with Gasteiger partial charge in [0.15, 0.2) is 5.25 Å². The van der Waals surface area contributed by atoms with Crippen LogP contribution in [0.4, 0.5) is 0 Å². The second kappa shape index (κ2) is 5.91. The maximum atomic E-state index is 12.7. The summed E-state index contributed by atoms with van der Waals surface area (Å²) < 4.78 is 25.5. The Bertz CT molecular complexity index is 1110. The molecule has 1 aromatic heterocycles. The first-order chi connectivity index (χ1) is 11.4. The Labute approximate surface area is 138 Å². The molecule has 0 bridgehead atoms. The number of sulfone groups is 1. The first-order valence-corrected chi connectivity index (χ1v) is 8.67. The van der Waals surface area contributed by atoms with Crippen molar-refractivity contribution in [3.8, 4) is 6.07 Å². The van der Waals surface area contributed by atoms with E-state index < -0.39 is 20.6 Å². The zero-order valence-corrected chi connectivity index (χ0v) is 13.5. The number of rotatable bonds is 3. The third-order valence-electron chi connectivity index (χ3n) is 3.65. The number of aromatic amines is 1. The minimum absolute atomic E-state index is 0.0194. The third kappa shape index (κ3) is 2.68. The molecular formula is C17H13N3O3S. The summed E-state index contributed by atoms with van der Waals surface area (Å²) in [7, 11) is -4.06. The van der Waals surface area contributed by atoms with E-state index in [9.17, 15) is 18.5 Å². The van der Waals surface area contributed by atoms with Crippen molar-refractivity contribution in [2.24, 2.45) is 0 Å². The van der Waals surface area contributed by atoms with Gasteiger partial charge in [-0.05, 0) is 31.2 Å². The normalized spacial score (nSPS) is 12.7. The van der Waals surface area contributed by atoms with Crippen molar-refractivity contribution < 1.29 is 8.42 Å². The number of benzene rings is 2. The molecule has 0 spiro atoms. The predicted octanol–water partition coefficient (Wildman–Crippen LogP) is 2.27. The van der Waals surface area contributed by atoms with Crippen molar-refractivity contribution in [3.05, 3.63) is 70.1 Å². The van der Waals surface area contributed by atoms with E-state index in [0.717, 1.165) is 5.56 Å². The summed E-state index contributed by atoms with van der Waals surface area (Å²) in [6.45, 7) is 1.83. The minimum Gasteiger partial charge on any atom is -0.319 e. The van der Waals surface area contributed by atoms with E-state index in [4.69, 9.17) is 0 Å². The van der Waals surface area contributed by atoms with E-state index in [0.29, 0.717) is 11.0 Å². The van der Waals surface area contributed by atoms with Crippen LogP contribution in [-0.2, 0) is 9.84 Å². The van der Waals surface area contributed by atoms with E-state index in [2.05, 4.69) is 9.97 Å². The fourth-order valence-corrected chi connectivity index (χ4v) is 3.74. The van der Waals surface area contributed by atoms with Crippen LogP contribution in [0.5, 0.6) is 0 Å². The second-order valence-corrected chi connectivity index (χ2v) is 7.37. The van der Waals surface area contributed by atoms with Crippen molar-refractivity contribution >= 4 is 20.9 Å². The van der Waals surface area contributed by atoms with Gasteiger partial charge in [0.25, 0.3) is 5.56 Å². The summed E-state index contributed by atoms with van der Waals surface area (Å²) in [5.41, 5.74) is 0.791. The molecular weight excluding hydrogens is 326 g/mol. The molecule has 0 unspecified atom stereocenters. The number of nitrogens with zero attached hydrogens (tertiary/aromatic N) is 2. The molecule has 2 aromatic carbocycles. The third-order valence-corrected chi connectivity index (χ3v) is 5.53. The average Bonchev–Trinajstić information content (AvgIpc) is 2.56. The van der Waals surface area contributed by atoms with Gasteiger partial charge in [-0.15, -0.1) is 0 Å². The molecule has 0 saturated carbocycles. The lowest BCUT2D eigenvalue weighted by atomic mass is 10.2.